The van der Waals surface area contributed by atoms with Gasteiger partial charge in [0, 0.05) is 6.42 Å². The van der Waals surface area contributed by atoms with Crippen LogP contribution < -0.4 is 0 Å². The summed E-state index contributed by atoms with van der Waals surface area (Å²) >= 11 is 0. The van der Waals surface area contributed by atoms with Crippen LogP contribution >= 0.6 is 0 Å². The predicted octanol–water partition coefficient (Wildman–Crippen LogP) is 2.10. The van der Waals surface area contributed by atoms with Gasteiger partial charge in [-0.3, -0.25) is 4.79 Å². The molecule has 1 nitrogen and oxygen atoms in total. The van der Waals surface area contributed by atoms with Crippen LogP contribution in [0.2, 0.25) is 0 Å². The minimum Gasteiger partial charge on any atom is -0.295 e. The predicted molar refractivity (Wildman–Crippen MR) is 44.1 cm³/mol. The van der Waals surface area contributed by atoms with Crippen LogP contribution in [-0.4, -0.2) is 5.78 Å². The monoisotopic (exact) mass is 148 g/mol. The molecule has 2 rings (SSSR count). The van der Waals surface area contributed by atoms with E-state index in [1.807, 2.05) is 0 Å². The second kappa shape index (κ2) is 2.65. The zero-order chi connectivity index (χ0) is 7.68. The van der Waals surface area contributed by atoms with E-state index in [0.29, 0.717) is 17.6 Å². The molecular formula is C10H12O. The highest BCUT2D eigenvalue weighted by molar-refractivity contribution is 5.90. The van der Waals surface area contributed by atoms with Crippen LogP contribution in [0.1, 0.15) is 19.3 Å². The van der Waals surface area contributed by atoms with E-state index >= 15 is 0 Å². The van der Waals surface area contributed by atoms with Gasteiger partial charge in [0.2, 0.25) is 0 Å². The number of fused-ring (bicyclic) bond motifs is 1. The van der Waals surface area contributed by atoms with Crippen LogP contribution in [-0.2, 0) is 4.79 Å². The smallest absolute Gasteiger partial charge is 0.155 e. The highest BCUT2D eigenvalue weighted by atomic mass is 16.1. The molecule has 0 aliphatic heterocycles. The minimum atomic E-state index is 0.307. The summed E-state index contributed by atoms with van der Waals surface area (Å²) in [5, 5.41) is 0. The number of allylic oxidation sites excluding steroid dienone is 4. The first-order valence-electron chi connectivity index (χ1n) is 4.22. The van der Waals surface area contributed by atoms with Gasteiger partial charge in [-0.05, 0) is 30.8 Å². The molecule has 2 aliphatic rings. The number of hydrogen-bond acceptors (Lipinski definition) is 1. The molecule has 0 amide bonds. The van der Waals surface area contributed by atoms with Gasteiger partial charge in [0.1, 0.15) is 0 Å². The molecule has 0 N–H and O–H groups in total. The summed E-state index contributed by atoms with van der Waals surface area (Å²) in [6.45, 7) is 0. The van der Waals surface area contributed by atoms with E-state index in [4.69, 9.17) is 0 Å². The molecule has 0 aromatic rings. The molecule has 2 unspecified atom stereocenters. The van der Waals surface area contributed by atoms with Crippen molar-refractivity contribution in [2.24, 2.45) is 11.8 Å². The van der Waals surface area contributed by atoms with Crippen molar-refractivity contribution in [1.29, 1.82) is 0 Å². The molecule has 0 spiro atoms. The minimum absolute atomic E-state index is 0.307. The molecule has 0 aromatic heterocycles. The van der Waals surface area contributed by atoms with E-state index in [-0.39, 0.29) is 0 Å². The maximum atomic E-state index is 11.0. The van der Waals surface area contributed by atoms with Crippen LogP contribution in [0.5, 0.6) is 0 Å². The van der Waals surface area contributed by atoms with Crippen molar-refractivity contribution in [3.8, 4) is 0 Å². The van der Waals surface area contributed by atoms with Crippen LogP contribution in [0.15, 0.2) is 24.3 Å². The Morgan fingerprint density at radius 2 is 2.09 bits per heavy atom. The van der Waals surface area contributed by atoms with Gasteiger partial charge in [-0.15, -0.1) is 0 Å². The molecule has 0 saturated carbocycles. The SMILES string of the molecule is O=C1C=CC2CC=CCC2C1. The summed E-state index contributed by atoms with van der Waals surface area (Å²) in [6.07, 6.45) is 11.3. The number of ketones is 1. The number of carbonyl (C=O) groups excluding carboxylic acids is 1. The standard InChI is InChI=1S/C10H12O/c11-10-6-5-8-3-1-2-4-9(8)7-10/h1-2,5-6,8-9H,3-4,7H2. The van der Waals surface area contributed by atoms with E-state index in [0.717, 1.165) is 19.3 Å². The van der Waals surface area contributed by atoms with Crippen molar-refractivity contribution < 1.29 is 4.79 Å². The van der Waals surface area contributed by atoms with E-state index in [2.05, 4.69) is 18.2 Å². The molecule has 0 heterocycles. The molecule has 2 aliphatic carbocycles. The number of carbonyl (C=O) groups is 1. The highest BCUT2D eigenvalue weighted by Gasteiger charge is 2.25. The van der Waals surface area contributed by atoms with Gasteiger partial charge >= 0.3 is 0 Å². The Morgan fingerprint density at radius 1 is 1.27 bits per heavy atom. The Hall–Kier alpha value is -0.850. The summed E-state index contributed by atoms with van der Waals surface area (Å²) < 4.78 is 0. The maximum Gasteiger partial charge on any atom is 0.155 e. The Labute approximate surface area is 66.8 Å². The molecule has 58 valence electrons. The van der Waals surface area contributed by atoms with Crippen molar-refractivity contribution >= 4 is 5.78 Å². The lowest BCUT2D eigenvalue weighted by Crippen LogP contribution is -2.21. The third kappa shape index (κ3) is 1.28. The second-order valence-corrected chi connectivity index (χ2v) is 3.40. The van der Waals surface area contributed by atoms with Crippen LogP contribution in [0.4, 0.5) is 0 Å². The average molecular weight is 148 g/mol. The van der Waals surface area contributed by atoms with Crippen LogP contribution in [0, 0.1) is 11.8 Å². The van der Waals surface area contributed by atoms with Gasteiger partial charge in [-0.2, -0.15) is 0 Å². The van der Waals surface area contributed by atoms with Crippen LogP contribution in [0.3, 0.4) is 0 Å². The van der Waals surface area contributed by atoms with Gasteiger partial charge < -0.3 is 0 Å². The Balaban J connectivity index is 2.17. The molecule has 0 saturated heterocycles. The third-order valence-electron chi connectivity index (χ3n) is 2.61. The quantitative estimate of drug-likeness (QED) is 0.481. The number of rotatable bonds is 0. The fraction of sp³-hybridized carbons (Fsp3) is 0.500. The first-order chi connectivity index (χ1) is 5.36. The molecule has 0 bridgehead atoms. The largest absolute Gasteiger partial charge is 0.295 e. The normalized spacial score (nSPS) is 35.5. The summed E-state index contributed by atoms with van der Waals surface area (Å²) in [6, 6.07) is 0. The topological polar surface area (TPSA) is 17.1 Å². The molecule has 0 radical (unpaired) electrons. The summed E-state index contributed by atoms with van der Waals surface area (Å²) in [5.74, 6) is 1.57. The lowest BCUT2D eigenvalue weighted by molar-refractivity contribution is -0.116. The molecule has 2 atom stereocenters. The first-order valence-corrected chi connectivity index (χ1v) is 4.22. The van der Waals surface area contributed by atoms with Crippen molar-refractivity contribution in [2.45, 2.75) is 19.3 Å². The Bertz CT molecular complexity index is 225. The molecule has 11 heavy (non-hydrogen) atoms. The molecular weight excluding hydrogens is 136 g/mol. The maximum absolute atomic E-state index is 11.0. The summed E-state index contributed by atoms with van der Waals surface area (Å²) in [5.41, 5.74) is 0. The summed E-state index contributed by atoms with van der Waals surface area (Å²) in [7, 11) is 0. The van der Waals surface area contributed by atoms with E-state index in [1.165, 1.54) is 0 Å². The van der Waals surface area contributed by atoms with Gasteiger partial charge in [-0.1, -0.05) is 18.2 Å². The van der Waals surface area contributed by atoms with Crippen molar-refractivity contribution in [1.82, 2.24) is 0 Å². The van der Waals surface area contributed by atoms with Crippen molar-refractivity contribution in [3.63, 3.8) is 0 Å². The van der Waals surface area contributed by atoms with Gasteiger partial charge in [-0.25, -0.2) is 0 Å². The zero-order valence-electron chi connectivity index (χ0n) is 6.49. The van der Waals surface area contributed by atoms with Crippen molar-refractivity contribution in [2.75, 3.05) is 0 Å². The molecule has 0 aromatic carbocycles. The second-order valence-electron chi connectivity index (χ2n) is 3.40. The Morgan fingerprint density at radius 3 is 3.00 bits per heavy atom. The summed E-state index contributed by atoms with van der Waals surface area (Å²) in [4.78, 5) is 11.0. The lowest BCUT2D eigenvalue weighted by atomic mass is 9.77. The van der Waals surface area contributed by atoms with Crippen molar-refractivity contribution in [3.05, 3.63) is 24.3 Å². The van der Waals surface area contributed by atoms with E-state index in [9.17, 15) is 4.79 Å². The first kappa shape index (κ1) is 6.84. The Kier molecular flexibility index (Phi) is 1.65. The fourth-order valence-electron chi connectivity index (χ4n) is 1.92. The third-order valence-corrected chi connectivity index (χ3v) is 2.61. The fourth-order valence-corrected chi connectivity index (χ4v) is 1.92. The average Bonchev–Trinajstić information content (AvgIpc) is 2.04. The van der Waals surface area contributed by atoms with Gasteiger partial charge in [0.25, 0.3) is 0 Å². The molecule has 1 heteroatoms. The highest BCUT2D eigenvalue weighted by Crippen LogP contribution is 2.32. The lowest BCUT2D eigenvalue weighted by Gasteiger charge is -2.27. The van der Waals surface area contributed by atoms with E-state index in [1.54, 1.807) is 6.08 Å². The zero-order valence-corrected chi connectivity index (χ0v) is 6.49. The van der Waals surface area contributed by atoms with Gasteiger partial charge in [0.05, 0.1) is 0 Å². The van der Waals surface area contributed by atoms with E-state index < -0.39 is 0 Å². The van der Waals surface area contributed by atoms with Crippen LogP contribution in [0.25, 0.3) is 0 Å². The molecule has 0 fully saturated rings. The number of hydrogen-bond donors (Lipinski definition) is 0. The van der Waals surface area contributed by atoms with Gasteiger partial charge in [0.15, 0.2) is 5.78 Å².